The van der Waals surface area contributed by atoms with E-state index in [9.17, 15) is 0 Å². The van der Waals surface area contributed by atoms with Crippen molar-refractivity contribution in [2.24, 2.45) is 0 Å². The standard InChI is InChI=1S/3Li.H6P.3S/h;;;1H6;;;/q3*+1;+3;3*-2. The fourth-order valence-electron chi connectivity index (χ4n) is 0. The summed E-state index contributed by atoms with van der Waals surface area (Å²) in [6.07, 6.45) is 0. The van der Waals surface area contributed by atoms with Crippen LogP contribution in [-0.2, 0) is 40.5 Å². The number of hydrogen-bond acceptors (Lipinski definition) is 0. The van der Waals surface area contributed by atoms with Crippen LogP contribution in [0.3, 0.4) is 0 Å². The van der Waals surface area contributed by atoms with Crippen LogP contribution in [0, 0.1) is 0 Å². The summed E-state index contributed by atoms with van der Waals surface area (Å²) in [7, 11) is 0. The van der Waals surface area contributed by atoms with Crippen LogP contribution >= 0.6 is 9.90 Å². The zero-order valence-electron chi connectivity index (χ0n) is 4.22. The second kappa shape index (κ2) is 59.3. The van der Waals surface area contributed by atoms with E-state index in [1.54, 1.807) is 0 Å². The third-order valence-electron chi connectivity index (χ3n) is 0. The summed E-state index contributed by atoms with van der Waals surface area (Å²) in [5.74, 6) is 0. The molecule has 0 aliphatic carbocycles. The SMILES string of the molecule is [Li+].[Li+].[Li+].[PH6+3].[S-2].[S-2].[S-2]. The van der Waals surface area contributed by atoms with Crippen LogP contribution < -0.4 is 56.6 Å². The predicted octanol–water partition coefficient (Wildman–Crippen LogP) is -9.74. The Kier molecular flexibility index (Phi) is 698. The van der Waals surface area contributed by atoms with Crippen LogP contribution in [0.15, 0.2) is 0 Å². The summed E-state index contributed by atoms with van der Waals surface area (Å²) in [4.78, 5) is 0. The molecule has 0 atom stereocenters. The smallest absolute Gasteiger partial charge is 1.00 e. The van der Waals surface area contributed by atoms with Gasteiger partial charge in [0.1, 0.15) is 0 Å². The van der Waals surface area contributed by atoms with Crippen molar-refractivity contribution >= 4 is 50.4 Å². The molecule has 0 amide bonds. The molecule has 0 aromatic heterocycles. The van der Waals surface area contributed by atoms with Crippen molar-refractivity contribution in [3.63, 3.8) is 0 Å². The Morgan fingerprint density at radius 2 is 0.429 bits per heavy atom. The quantitative estimate of drug-likeness (QED) is 0.240. The molecule has 0 bridgehead atoms. The first-order chi connectivity index (χ1) is 0. The van der Waals surface area contributed by atoms with Crippen LogP contribution in [0.2, 0.25) is 0 Å². The molecule has 0 aliphatic rings. The van der Waals surface area contributed by atoms with Crippen molar-refractivity contribution in [2.75, 3.05) is 0 Å². The maximum atomic E-state index is 0. The van der Waals surface area contributed by atoms with Crippen molar-refractivity contribution in [1.82, 2.24) is 0 Å². The topological polar surface area (TPSA) is 0 Å². The summed E-state index contributed by atoms with van der Waals surface area (Å²) in [6.45, 7) is 0. The fraction of sp³-hybridized carbons (Fsp3) is 0. The van der Waals surface area contributed by atoms with Gasteiger partial charge < -0.3 is 40.5 Å². The van der Waals surface area contributed by atoms with E-state index < -0.39 is 0 Å². The van der Waals surface area contributed by atoms with Crippen LogP contribution in [0.5, 0.6) is 0 Å². The molecule has 0 aromatic carbocycles. The van der Waals surface area contributed by atoms with E-state index in [-0.39, 0.29) is 107 Å². The van der Waals surface area contributed by atoms with Gasteiger partial charge in [-0.15, -0.1) is 0 Å². The molecule has 0 heterocycles. The van der Waals surface area contributed by atoms with Gasteiger partial charge in [-0.05, 0) is 0 Å². The van der Waals surface area contributed by atoms with E-state index in [1.165, 1.54) is 0 Å². The predicted molar refractivity (Wildman–Crippen MR) is 37.4 cm³/mol. The van der Waals surface area contributed by atoms with E-state index >= 15 is 0 Å². The van der Waals surface area contributed by atoms with Gasteiger partial charge in [-0.1, -0.05) is 0 Å². The molecule has 0 saturated carbocycles. The van der Waals surface area contributed by atoms with E-state index in [4.69, 9.17) is 0 Å². The molecule has 0 saturated heterocycles. The Hall–Kier alpha value is 3.27. The van der Waals surface area contributed by atoms with E-state index in [0.29, 0.717) is 0 Å². The maximum Gasteiger partial charge on any atom is 1.00 e. The molecule has 0 unspecified atom stereocenters. The minimum Gasteiger partial charge on any atom is -2.00 e. The minimum absolute atomic E-state index is 0. The monoisotopic (exact) mass is 154 g/mol. The van der Waals surface area contributed by atoms with E-state index in [2.05, 4.69) is 0 Å². The largest absolute Gasteiger partial charge is 2.00 e. The summed E-state index contributed by atoms with van der Waals surface area (Å²) in [5.41, 5.74) is 0. The van der Waals surface area contributed by atoms with Crippen LogP contribution in [0.1, 0.15) is 0 Å². The molecule has 0 fully saturated rings. The van der Waals surface area contributed by atoms with Gasteiger partial charge in [-0.25, -0.2) is 0 Å². The fourth-order valence-corrected chi connectivity index (χ4v) is 0. The summed E-state index contributed by atoms with van der Waals surface area (Å²) in [5, 5.41) is 0. The molecular weight excluding hydrogens is 148 g/mol. The Bertz CT molecular complexity index is 10.1. The van der Waals surface area contributed by atoms with Gasteiger partial charge in [0.15, 0.2) is 0 Å². The van der Waals surface area contributed by atoms with Crippen molar-refractivity contribution < 1.29 is 56.6 Å². The van der Waals surface area contributed by atoms with Gasteiger partial charge in [0.25, 0.3) is 0 Å². The van der Waals surface area contributed by atoms with Crippen LogP contribution in [-0.4, -0.2) is 0 Å². The third kappa shape index (κ3) is 45.8. The van der Waals surface area contributed by atoms with Gasteiger partial charge in [-0.2, -0.15) is 0 Å². The molecule has 0 nitrogen and oxygen atoms in total. The van der Waals surface area contributed by atoms with Crippen LogP contribution in [0.4, 0.5) is 0 Å². The molecule has 7 heteroatoms. The average Bonchev–Trinajstić information content (AvgIpc) is 0. The Balaban J connectivity index is 0. The van der Waals surface area contributed by atoms with Crippen molar-refractivity contribution in [2.45, 2.75) is 0 Å². The Morgan fingerprint density at radius 1 is 0.429 bits per heavy atom. The Morgan fingerprint density at radius 3 is 0.429 bits per heavy atom. The first-order valence-corrected chi connectivity index (χ1v) is 0. The van der Waals surface area contributed by atoms with E-state index in [1.807, 2.05) is 0 Å². The molecule has 0 radical (unpaired) electrons. The molecule has 0 N–H and O–H groups in total. The van der Waals surface area contributed by atoms with Crippen LogP contribution in [0.25, 0.3) is 0 Å². The average molecular weight is 154 g/mol. The second-order valence-electron chi connectivity index (χ2n) is 0. The first-order valence-electron chi connectivity index (χ1n) is 0. The van der Waals surface area contributed by atoms with Gasteiger partial charge >= 0.3 is 56.6 Å². The second-order valence-corrected chi connectivity index (χ2v) is 0. The molecule has 7 heavy (non-hydrogen) atoms. The molecule has 32 valence electrons. The zero-order chi connectivity index (χ0) is 0. The minimum atomic E-state index is 0. The molecule has 0 aromatic rings. The Labute approximate surface area is 106 Å². The van der Waals surface area contributed by atoms with Gasteiger partial charge in [-0.3, -0.25) is 9.90 Å². The summed E-state index contributed by atoms with van der Waals surface area (Å²) in [6, 6.07) is 0. The first kappa shape index (κ1) is 82.5. The number of rotatable bonds is 0. The molecule has 0 spiro atoms. The van der Waals surface area contributed by atoms with Crippen molar-refractivity contribution in [1.29, 1.82) is 0 Å². The molecule has 0 rings (SSSR count). The maximum absolute atomic E-state index is 0. The van der Waals surface area contributed by atoms with Gasteiger partial charge in [0.05, 0.1) is 0 Å². The van der Waals surface area contributed by atoms with Gasteiger partial charge in [0, 0.05) is 0 Å². The molecular formula is H6Li3PS3. The zero-order valence-corrected chi connectivity index (χ0v) is 6.67. The van der Waals surface area contributed by atoms with E-state index in [0.717, 1.165) is 0 Å². The summed E-state index contributed by atoms with van der Waals surface area (Å²) >= 11 is 0. The summed E-state index contributed by atoms with van der Waals surface area (Å²) < 4.78 is 0. The third-order valence-corrected chi connectivity index (χ3v) is 0. The van der Waals surface area contributed by atoms with Gasteiger partial charge in [0.2, 0.25) is 0 Å². The van der Waals surface area contributed by atoms with Crippen molar-refractivity contribution in [3.8, 4) is 0 Å². The number of hydrogen-bond donors (Lipinski definition) is 0. The van der Waals surface area contributed by atoms with Crippen molar-refractivity contribution in [3.05, 3.63) is 0 Å². The molecule has 0 aliphatic heterocycles. The normalized spacial score (nSPS) is 0.